The molecular formula is C11H10Cl2N2S. The predicted octanol–water partition coefficient (Wildman–Crippen LogP) is 4.37. The fourth-order valence-electron chi connectivity index (χ4n) is 1.29. The van der Waals surface area contributed by atoms with E-state index in [1.54, 1.807) is 23.6 Å². The molecule has 1 N–H and O–H groups in total. The van der Waals surface area contributed by atoms with Crippen LogP contribution in [0.4, 0.5) is 5.82 Å². The third-order valence-electron chi connectivity index (χ3n) is 2.22. The molecule has 2 rings (SSSR count). The number of hydrogen-bond donors (Lipinski definition) is 1. The average molecular weight is 273 g/mol. The minimum absolute atomic E-state index is 0.542. The van der Waals surface area contributed by atoms with Crippen molar-refractivity contribution in [3.8, 4) is 0 Å². The summed E-state index contributed by atoms with van der Waals surface area (Å²) >= 11 is 13.5. The van der Waals surface area contributed by atoms with Gasteiger partial charge < -0.3 is 5.32 Å². The molecule has 0 atom stereocenters. The lowest BCUT2D eigenvalue weighted by atomic mass is 10.2. The number of hydrogen-bond acceptors (Lipinski definition) is 3. The molecule has 0 aliphatic carbocycles. The van der Waals surface area contributed by atoms with Crippen LogP contribution in [-0.2, 0) is 6.54 Å². The number of thiophene rings is 1. The summed E-state index contributed by atoms with van der Waals surface area (Å²) in [4.78, 5) is 4.14. The monoisotopic (exact) mass is 272 g/mol. The van der Waals surface area contributed by atoms with Gasteiger partial charge in [0.1, 0.15) is 5.82 Å². The second-order valence-electron chi connectivity index (χ2n) is 3.42. The molecule has 0 radical (unpaired) electrons. The quantitative estimate of drug-likeness (QED) is 0.898. The summed E-state index contributed by atoms with van der Waals surface area (Å²) in [6.45, 7) is 2.81. The first-order valence-corrected chi connectivity index (χ1v) is 6.43. The smallest absolute Gasteiger partial charge is 0.145 e. The van der Waals surface area contributed by atoms with E-state index in [4.69, 9.17) is 23.2 Å². The molecule has 0 bridgehead atoms. The van der Waals surface area contributed by atoms with Gasteiger partial charge in [-0.2, -0.15) is 11.3 Å². The fraction of sp³-hybridized carbons (Fsp3) is 0.182. The number of nitrogens with one attached hydrogen (secondary N) is 1. The lowest BCUT2D eigenvalue weighted by Gasteiger charge is -2.07. The average Bonchev–Trinajstić information content (AvgIpc) is 2.63. The first-order valence-electron chi connectivity index (χ1n) is 4.73. The highest BCUT2D eigenvalue weighted by Crippen LogP contribution is 2.23. The number of aryl methyl sites for hydroxylation is 1. The van der Waals surface area contributed by atoms with Gasteiger partial charge in [0.05, 0.1) is 10.0 Å². The third kappa shape index (κ3) is 2.67. The summed E-state index contributed by atoms with van der Waals surface area (Å²) in [5, 5.41) is 8.51. The SMILES string of the molecule is Cc1cscc1CNc1ncc(Cl)cc1Cl. The number of halogens is 2. The molecule has 5 heteroatoms. The molecule has 0 aliphatic heterocycles. The molecule has 2 heterocycles. The van der Waals surface area contributed by atoms with Crippen LogP contribution in [0, 0.1) is 6.92 Å². The van der Waals surface area contributed by atoms with Gasteiger partial charge >= 0.3 is 0 Å². The van der Waals surface area contributed by atoms with Crippen molar-refractivity contribution in [2.24, 2.45) is 0 Å². The summed E-state index contributed by atoms with van der Waals surface area (Å²) in [5.74, 6) is 0.664. The largest absolute Gasteiger partial charge is 0.365 e. The van der Waals surface area contributed by atoms with E-state index in [0.29, 0.717) is 15.9 Å². The highest BCUT2D eigenvalue weighted by molar-refractivity contribution is 7.08. The van der Waals surface area contributed by atoms with Crippen LogP contribution in [0.5, 0.6) is 0 Å². The normalized spacial score (nSPS) is 10.4. The Bertz CT molecular complexity index is 496. The number of anilines is 1. The topological polar surface area (TPSA) is 24.9 Å². The summed E-state index contributed by atoms with van der Waals surface area (Å²) in [6.07, 6.45) is 1.58. The maximum absolute atomic E-state index is 6.00. The van der Waals surface area contributed by atoms with Crippen LogP contribution in [0.3, 0.4) is 0 Å². The molecule has 0 saturated heterocycles. The molecule has 0 aliphatic rings. The van der Waals surface area contributed by atoms with Crippen LogP contribution < -0.4 is 5.32 Å². The second-order valence-corrected chi connectivity index (χ2v) is 5.00. The van der Waals surface area contributed by atoms with Crippen molar-refractivity contribution in [1.82, 2.24) is 4.98 Å². The Morgan fingerprint density at radius 2 is 2.19 bits per heavy atom. The van der Waals surface area contributed by atoms with Crippen LogP contribution in [-0.4, -0.2) is 4.98 Å². The maximum Gasteiger partial charge on any atom is 0.145 e. The molecule has 0 unspecified atom stereocenters. The molecule has 16 heavy (non-hydrogen) atoms. The Labute approximate surface area is 108 Å². The van der Waals surface area contributed by atoms with Gasteiger partial charge in [-0.25, -0.2) is 4.98 Å². The zero-order valence-corrected chi connectivity index (χ0v) is 11.0. The summed E-state index contributed by atoms with van der Waals surface area (Å²) in [7, 11) is 0. The van der Waals surface area contributed by atoms with Crippen molar-refractivity contribution in [3.63, 3.8) is 0 Å². The third-order valence-corrected chi connectivity index (χ3v) is 3.62. The lowest BCUT2D eigenvalue weighted by molar-refractivity contribution is 1.10. The van der Waals surface area contributed by atoms with Crippen molar-refractivity contribution < 1.29 is 0 Å². The van der Waals surface area contributed by atoms with Gasteiger partial charge in [0.15, 0.2) is 0 Å². The first kappa shape index (κ1) is 11.7. The molecule has 0 spiro atoms. The molecule has 0 amide bonds. The summed E-state index contributed by atoms with van der Waals surface area (Å²) < 4.78 is 0. The Morgan fingerprint density at radius 3 is 2.81 bits per heavy atom. The van der Waals surface area contributed by atoms with E-state index in [1.807, 2.05) is 0 Å². The van der Waals surface area contributed by atoms with E-state index in [2.05, 4.69) is 28.0 Å². The van der Waals surface area contributed by atoms with E-state index >= 15 is 0 Å². The van der Waals surface area contributed by atoms with Crippen molar-refractivity contribution in [2.45, 2.75) is 13.5 Å². The number of pyridine rings is 1. The number of nitrogens with zero attached hydrogens (tertiary/aromatic N) is 1. The van der Waals surface area contributed by atoms with E-state index in [1.165, 1.54) is 11.1 Å². The van der Waals surface area contributed by atoms with Gasteiger partial charge in [0, 0.05) is 12.7 Å². The van der Waals surface area contributed by atoms with Crippen LogP contribution in [0.25, 0.3) is 0 Å². The highest BCUT2D eigenvalue weighted by Gasteiger charge is 2.04. The van der Waals surface area contributed by atoms with Crippen LogP contribution in [0.15, 0.2) is 23.0 Å². The second kappa shape index (κ2) is 5.04. The van der Waals surface area contributed by atoms with Crippen molar-refractivity contribution in [1.29, 1.82) is 0 Å². The Morgan fingerprint density at radius 1 is 1.38 bits per heavy atom. The van der Waals surface area contributed by atoms with Crippen molar-refractivity contribution >= 4 is 40.4 Å². The number of rotatable bonds is 3. The minimum atomic E-state index is 0.542. The molecule has 2 aromatic heterocycles. The Hall–Kier alpha value is -0.770. The first-order chi connectivity index (χ1) is 7.66. The van der Waals surface area contributed by atoms with Crippen molar-refractivity contribution in [3.05, 3.63) is 44.2 Å². The molecule has 0 aromatic carbocycles. The summed E-state index contributed by atoms with van der Waals surface area (Å²) in [5.41, 5.74) is 2.54. The standard InChI is InChI=1S/C11H10Cl2N2S/c1-7-5-16-6-8(7)3-14-11-10(13)2-9(12)4-15-11/h2,4-6H,3H2,1H3,(H,14,15). The fourth-order valence-corrected chi connectivity index (χ4v) is 2.60. The van der Waals surface area contributed by atoms with Gasteiger partial charge in [0.25, 0.3) is 0 Å². The van der Waals surface area contributed by atoms with Gasteiger partial charge in [-0.15, -0.1) is 0 Å². The van der Waals surface area contributed by atoms with E-state index in [0.717, 1.165) is 6.54 Å². The molecule has 0 fully saturated rings. The van der Waals surface area contributed by atoms with Gasteiger partial charge in [-0.05, 0) is 34.9 Å². The maximum atomic E-state index is 6.00. The zero-order valence-electron chi connectivity index (χ0n) is 8.63. The van der Waals surface area contributed by atoms with Gasteiger partial charge in [0.2, 0.25) is 0 Å². The van der Waals surface area contributed by atoms with Crippen LogP contribution in [0.2, 0.25) is 10.0 Å². The van der Waals surface area contributed by atoms with Gasteiger partial charge in [-0.1, -0.05) is 23.2 Å². The molecule has 2 nitrogen and oxygen atoms in total. The van der Waals surface area contributed by atoms with Crippen LogP contribution in [0.1, 0.15) is 11.1 Å². The highest BCUT2D eigenvalue weighted by atomic mass is 35.5. The number of aromatic nitrogens is 1. The van der Waals surface area contributed by atoms with Crippen LogP contribution >= 0.6 is 34.5 Å². The lowest BCUT2D eigenvalue weighted by Crippen LogP contribution is -2.01. The molecule has 0 saturated carbocycles. The van der Waals surface area contributed by atoms with E-state index in [9.17, 15) is 0 Å². The van der Waals surface area contributed by atoms with Crippen molar-refractivity contribution in [2.75, 3.05) is 5.32 Å². The molecule has 84 valence electrons. The molecule has 2 aromatic rings. The van der Waals surface area contributed by atoms with Gasteiger partial charge in [-0.3, -0.25) is 0 Å². The Balaban J connectivity index is 2.08. The predicted molar refractivity (Wildman–Crippen MR) is 70.6 cm³/mol. The molecular weight excluding hydrogens is 263 g/mol. The Kier molecular flexibility index (Phi) is 3.69. The summed E-state index contributed by atoms with van der Waals surface area (Å²) in [6, 6.07) is 1.68. The van der Waals surface area contributed by atoms with E-state index in [-0.39, 0.29) is 0 Å². The zero-order chi connectivity index (χ0) is 11.5. The minimum Gasteiger partial charge on any atom is -0.365 e. The van der Waals surface area contributed by atoms with E-state index < -0.39 is 0 Å².